The molecule has 1 aromatic rings. The van der Waals surface area contributed by atoms with Gasteiger partial charge in [0.25, 0.3) is 0 Å². The van der Waals surface area contributed by atoms with Crippen LogP contribution in [0.15, 0.2) is 36.9 Å². The molecule has 0 aliphatic carbocycles. The van der Waals surface area contributed by atoms with Crippen LogP contribution in [0.1, 0.15) is 18.4 Å². The molecule has 2 rings (SSSR count). The number of hydrogen-bond acceptors (Lipinski definition) is 4. The van der Waals surface area contributed by atoms with E-state index >= 15 is 0 Å². The van der Waals surface area contributed by atoms with Gasteiger partial charge in [-0.1, -0.05) is 30.9 Å². The van der Waals surface area contributed by atoms with Crippen molar-refractivity contribution >= 4 is 18.3 Å². The molecule has 0 radical (unpaired) electrons. The molecule has 1 heterocycles. The maximum absolute atomic E-state index is 12.1. The minimum absolute atomic E-state index is 0. The Hall–Kier alpha value is -1.56. The molecule has 1 aliphatic heterocycles. The van der Waals surface area contributed by atoms with Crippen LogP contribution in [0.3, 0.4) is 0 Å². The third-order valence-corrected chi connectivity index (χ3v) is 3.45. The van der Waals surface area contributed by atoms with E-state index in [9.17, 15) is 4.79 Å². The van der Waals surface area contributed by atoms with Gasteiger partial charge < -0.3 is 20.5 Å². The number of hydrogen-bond donors (Lipinski definition) is 2. The molecule has 22 heavy (non-hydrogen) atoms. The van der Waals surface area contributed by atoms with Gasteiger partial charge >= 0.3 is 0 Å². The van der Waals surface area contributed by atoms with Gasteiger partial charge in [-0.15, -0.1) is 12.4 Å². The number of carbonyl (C=O) groups excluding carboxylic acids is 1. The Morgan fingerprint density at radius 3 is 2.91 bits per heavy atom. The van der Waals surface area contributed by atoms with E-state index in [4.69, 9.17) is 15.2 Å². The minimum atomic E-state index is -0.389. The van der Waals surface area contributed by atoms with Crippen LogP contribution in [0, 0.1) is 0 Å². The molecule has 3 N–H and O–H groups in total. The first kappa shape index (κ1) is 18.5. The Morgan fingerprint density at radius 2 is 2.23 bits per heavy atom. The molecule has 0 unspecified atom stereocenters. The maximum atomic E-state index is 12.1. The molecule has 0 spiro atoms. The normalized spacial score (nSPS) is 20.0. The lowest BCUT2D eigenvalue weighted by Crippen LogP contribution is -2.35. The highest BCUT2D eigenvalue weighted by molar-refractivity contribution is 5.85. The van der Waals surface area contributed by atoms with Crippen molar-refractivity contribution in [1.29, 1.82) is 0 Å². The van der Waals surface area contributed by atoms with Crippen LogP contribution in [-0.4, -0.2) is 31.3 Å². The summed E-state index contributed by atoms with van der Waals surface area (Å²) >= 11 is 0. The van der Waals surface area contributed by atoms with Crippen LogP contribution in [0.2, 0.25) is 0 Å². The zero-order valence-corrected chi connectivity index (χ0v) is 13.3. The molecular weight excluding hydrogens is 304 g/mol. The number of halogens is 1. The van der Waals surface area contributed by atoms with E-state index in [1.165, 1.54) is 0 Å². The molecule has 5 nitrogen and oxygen atoms in total. The topological polar surface area (TPSA) is 73.6 Å². The molecule has 0 saturated carbocycles. The van der Waals surface area contributed by atoms with E-state index in [1.807, 2.05) is 24.3 Å². The minimum Gasteiger partial charge on any atom is -0.489 e. The molecule has 2 atom stereocenters. The number of ether oxygens (including phenoxy) is 2. The summed E-state index contributed by atoms with van der Waals surface area (Å²) in [5.74, 6) is 0.661. The number of carbonyl (C=O) groups is 1. The van der Waals surface area contributed by atoms with Crippen molar-refractivity contribution in [3.05, 3.63) is 42.5 Å². The van der Waals surface area contributed by atoms with Gasteiger partial charge in [0, 0.05) is 18.7 Å². The predicted molar refractivity (Wildman–Crippen MR) is 88.2 cm³/mol. The fraction of sp³-hybridized carbons (Fsp3) is 0.438. The van der Waals surface area contributed by atoms with E-state index in [0.29, 0.717) is 19.7 Å². The highest BCUT2D eigenvalue weighted by Crippen LogP contribution is 2.20. The summed E-state index contributed by atoms with van der Waals surface area (Å²) in [6, 6.07) is 7.62. The number of nitrogens with two attached hydrogens (primary N) is 1. The van der Waals surface area contributed by atoms with Crippen molar-refractivity contribution in [3.63, 3.8) is 0 Å². The van der Waals surface area contributed by atoms with Gasteiger partial charge in [0.1, 0.15) is 18.5 Å². The molecule has 1 fully saturated rings. The highest BCUT2D eigenvalue weighted by atomic mass is 35.5. The summed E-state index contributed by atoms with van der Waals surface area (Å²) in [6.45, 7) is 4.94. The van der Waals surface area contributed by atoms with Gasteiger partial charge in [-0.05, 0) is 18.9 Å². The first-order chi connectivity index (χ1) is 10.2. The fourth-order valence-electron chi connectivity index (χ4n) is 2.31. The van der Waals surface area contributed by atoms with Crippen LogP contribution in [-0.2, 0) is 16.1 Å². The summed E-state index contributed by atoms with van der Waals surface area (Å²) in [4.78, 5) is 12.1. The van der Waals surface area contributed by atoms with Gasteiger partial charge in [-0.3, -0.25) is 4.79 Å². The molecular formula is C16H23ClN2O3. The third-order valence-electron chi connectivity index (χ3n) is 3.45. The van der Waals surface area contributed by atoms with Crippen LogP contribution < -0.4 is 15.8 Å². The summed E-state index contributed by atoms with van der Waals surface area (Å²) in [6.07, 6.45) is 2.87. The summed E-state index contributed by atoms with van der Waals surface area (Å²) in [7, 11) is 0. The largest absolute Gasteiger partial charge is 0.489 e. The Bertz CT molecular complexity index is 496. The lowest BCUT2D eigenvalue weighted by molar-refractivity contribution is -0.132. The summed E-state index contributed by atoms with van der Waals surface area (Å²) in [5, 5.41) is 2.89. The summed E-state index contributed by atoms with van der Waals surface area (Å²) in [5.41, 5.74) is 6.48. The summed E-state index contributed by atoms with van der Waals surface area (Å²) < 4.78 is 11.1. The van der Waals surface area contributed by atoms with E-state index in [1.54, 1.807) is 6.08 Å². The Labute approximate surface area is 137 Å². The first-order valence-electron chi connectivity index (χ1n) is 7.19. The monoisotopic (exact) mass is 326 g/mol. The second-order valence-corrected chi connectivity index (χ2v) is 4.98. The van der Waals surface area contributed by atoms with Crippen LogP contribution in [0.5, 0.6) is 5.75 Å². The fourth-order valence-corrected chi connectivity index (χ4v) is 2.31. The average molecular weight is 327 g/mol. The van der Waals surface area contributed by atoms with Crippen molar-refractivity contribution in [3.8, 4) is 5.75 Å². The molecule has 0 aromatic heterocycles. The van der Waals surface area contributed by atoms with Gasteiger partial charge in [0.15, 0.2) is 0 Å². The predicted octanol–water partition coefficient (Wildman–Crippen LogP) is 1.80. The molecule has 1 amide bonds. The second kappa shape index (κ2) is 9.46. The number of para-hydroxylation sites is 1. The standard InChI is InChI=1S/C16H22N2O3.ClH/c1-2-9-20-14-6-4-3-5-12(14)11-18-16(19)15-8-7-13(10-17)21-15;/h2-6,13,15H,1,7-11,17H2,(H,18,19);1H/t13-,15+;/m1./s1. The molecule has 0 bridgehead atoms. The van der Waals surface area contributed by atoms with Gasteiger partial charge in [0.2, 0.25) is 5.91 Å². The zero-order chi connectivity index (χ0) is 15.1. The van der Waals surface area contributed by atoms with E-state index in [2.05, 4.69) is 11.9 Å². The SMILES string of the molecule is C=CCOc1ccccc1CNC(=O)[C@@H]1CC[C@H](CN)O1.Cl. The van der Waals surface area contributed by atoms with Gasteiger partial charge in [-0.2, -0.15) is 0 Å². The van der Waals surface area contributed by atoms with Crippen LogP contribution >= 0.6 is 12.4 Å². The van der Waals surface area contributed by atoms with Crippen LogP contribution in [0.4, 0.5) is 0 Å². The van der Waals surface area contributed by atoms with E-state index in [0.717, 1.165) is 24.2 Å². The average Bonchev–Trinajstić information content (AvgIpc) is 3.00. The Kier molecular flexibility index (Phi) is 7.95. The molecule has 1 aliphatic rings. The molecule has 1 aromatic carbocycles. The Balaban J connectivity index is 0.00000242. The number of amides is 1. The maximum Gasteiger partial charge on any atom is 0.249 e. The van der Waals surface area contributed by atoms with Gasteiger partial charge in [-0.25, -0.2) is 0 Å². The third kappa shape index (κ3) is 5.02. The second-order valence-electron chi connectivity index (χ2n) is 4.98. The zero-order valence-electron chi connectivity index (χ0n) is 12.5. The number of rotatable bonds is 7. The lowest BCUT2D eigenvalue weighted by atomic mass is 10.1. The molecule has 1 saturated heterocycles. The van der Waals surface area contributed by atoms with Crippen molar-refractivity contribution in [2.45, 2.75) is 31.6 Å². The van der Waals surface area contributed by atoms with Crippen molar-refractivity contribution in [2.75, 3.05) is 13.2 Å². The van der Waals surface area contributed by atoms with Gasteiger partial charge in [0.05, 0.1) is 6.10 Å². The van der Waals surface area contributed by atoms with Crippen molar-refractivity contribution in [2.24, 2.45) is 5.73 Å². The first-order valence-corrected chi connectivity index (χ1v) is 7.19. The van der Waals surface area contributed by atoms with E-state index in [-0.39, 0.29) is 30.5 Å². The number of nitrogens with one attached hydrogen (secondary N) is 1. The Morgan fingerprint density at radius 1 is 1.45 bits per heavy atom. The molecule has 122 valence electrons. The quantitative estimate of drug-likeness (QED) is 0.749. The highest BCUT2D eigenvalue weighted by Gasteiger charge is 2.29. The van der Waals surface area contributed by atoms with Crippen molar-refractivity contribution in [1.82, 2.24) is 5.32 Å². The lowest BCUT2D eigenvalue weighted by Gasteiger charge is -2.14. The molecule has 6 heteroatoms. The van der Waals surface area contributed by atoms with E-state index < -0.39 is 0 Å². The van der Waals surface area contributed by atoms with Crippen LogP contribution in [0.25, 0.3) is 0 Å². The van der Waals surface area contributed by atoms with Crippen molar-refractivity contribution < 1.29 is 14.3 Å². The smallest absolute Gasteiger partial charge is 0.249 e. The number of benzene rings is 1.